The molecule has 2 rings (SSSR count). The van der Waals surface area contributed by atoms with Crippen molar-refractivity contribution in [1.29, 1.82) is 0 Å². The van der Waals surface area contributed by atoms with Crippen molar-refractivity contribution in [2.24, 2.45) is 0 Å². The van der Waals surface area contributed by atoms with Crippen molar-refractivity contribution < 1.29 is 14.3 Å². The van der Waals surface area contributed by atoms with Crippen LogP contribution in [0.25, 0.3) is 0 Å². The van der Waals surface area contributed by atoms with Gasteiger partial charge in [-0.1, -0.05) is 18.1 Å². The number of carbonyl (C=O) groups excluding carboxylic acids is 2. The lowest BCUT2D eigenvalue weighted by molar-refractivity contribution is -0.115. The third-order valence-corrected chi connectivity index (χ3v) is 3.30. The zero-order chi connectivity index (χ0) is 18.1. The van der Waals surface area contributed by atoms with Crippen molar-refractivity contribution in [1.82, 2.24) is 5.32 Å². The minimum absolute atomic E-state index is 0.125. The second kappa shape index (κ2) is 9.11. The van der Waals surface area contributed by atoms with Crippen LogP contribution in [-0.2, 0) is 4.79 Å². The summed E-state index contributed by atoms with van der Waals surface area (Å²) in [6.07, 6.45) is 5.10. The molecule has 0 bridgehead atoms. The zero-order valence-electron chi connectivity index (χ0n) is 13.8. The van der Waals surface area contributed by atoms with Gasteiger partial charge in [-0.25, -0.2) is 0 Å². The van der Waals surface area contributed by atoms with Crippen molar-refractivity contribution in [3.8, 4) is 18.1 Å². The molecule has 0 saturated heterocycles. The van der Waals surface area contributed by atoms with Crippen LogP contribution in [0.3, 0.4) is 0 Å². The van der Waals surface area contributed by atoms with Crippen LogP contribution in [0.4, 0.5) is 11.4 Å². The Morgan fingerprint density at radius 2 is 1.80 bits per heavy atom. The average Bonchev–Trinajstić information content (AvgIpc) is 2.63. The predicted molar refractivity (Wildman–Crippen MR) is 97.7 cm³/mol. The van der Waals surface area contributed by atoms with E-state index in [4.69, 9.17) is 11.2 Å². The van der Waals surface area contributed by atoms with E-state index in [1.165, 1.54) is 0 Å². The van der Waals surface area contributed by atoms with Crippen molar-refractivity contribution in [2.45, 2.75) is 0 Å². The minimum Gasteiger partial charge on any atom is -0.495 e. The lowest BCUT2D eigenvalue weighted by atomic mass is 10.2. The molecule has 6 nitrogen and oxygen atoms in total. The minimum atomic E-state index is -0.266. The Kier molecular flexibility index (Phi) is 6.57. The lowest BCUT2D eigenvalue weighted by Gasteiger charge is -2.10. The first kappa shape index (κ1) is 18.0. The van der Waals surface area contributed by atoms with Gasteiger partial charge >= 0.3 is 0 Å². The molecule has 0 atom stereocenters. The maximum atomic E-state index is 12.3. The number of hydrogen-bond acceptors (Lipinski definition) is 4. The van der Waals surface area contributed by atoms with Gasteiger partial charge in [0, 0.05) is 11.3 Å². The predicted octanol–water partition coefficient (Wildman–Crippen LogP) is 2.11. The largest absolute Gasteiger partial charge is 0.495 e. The highest BCUT2D eigenvalue weighted by atomic mass is 16.5. The van der Waals surface area contributed by atoms with Crippen LogP contribution in [0.15, 0.2) is 48.5 Å². The van der Waals surface area contributed by atoms with E-state index >= 15 is 0 Å². The number of carbonyl (C=O) groups is 2. The van der Waals surface area contributed by atoms with Crippen LogP contribution >= 0.6 is 0 Å². The average molecular weight is 337 g/mol. The zero-order valence-corrected chi connectivity index (χ0v) is 13.8. The van der Waals surface area contributed by atoms with E-state index in [1.54, 1.807) is 43.5 Å². The number of para-hydroxylation sites is 2. The Morgan fingerprint density at radius 3 is 2.48 bits per heavy atom. The Labute approximate surface area is 146 Å². The van der Waals surface area contributed by atoms with Crippen molar-refractivity contribution in [3.63, 3.8) is 0 Å². The van der Waals surface area contributed by atoms with Gasteiger partial charge in [0.2, 0.25) is 5.91 Å². The van der Waals surface area contributed by atoms with Gasteiger partial charge in [0.1, 0.15) is 5.75 Å². The standard InChI is InChI=1S/C19H19N3O3/c1-3-12-20-13-18(23)21-15-10-8-14(9-11-15)19(24)22-16-6-4-5-7-17(16)25-2/h1,4-11,20H,12-13H2,2H3,(H,21,23)(H,22,24). The van der Waals surface area contributed by atoms with Crippen molar-refractivity contribution in [3.05, 3.63) is 54.1 Å². The molecular formula is C19H19N3O3. The molecule has 6 heteroatoms. The molecule has 0 unspecified atom stereocenters. The molecule has 0 spiro atoms. The molecule has 2 aromatic carbocycles. The van der Waals surface area contributed by atoms with Gasteiger partial charge in [0.15, 0.2) is 0 Å². The third-order valence-electron chi connectivity index (χ3n) is 3.30. The second-order valence-electron chi connectivity index (χ2n) is 5.09. The van der Waals surface area contributed by atoms with Gasteiger partial charge in [0.05, 0.1) is 25.9 Å². The summed E-state index contributed by atoms with van der Waals surface area (Å²) in [5.74, 6) is 2.50. The van der Waals surface area contributed by atoms with E-state index in [1.807, 2.05) is 12.1 Å². The molecule has 3 N–H and O–H groups in total. The fourth-order valence-corrected chi connectivity index (χ4v) is 2.10. The number of amides is 2. The smallest absolute Gasteiger partial charge is 0.255 e. The molecule has 0 radical (unpaired) electrons. The molecular weight excluding hydrogens is 318 g/mol. The number of terminal acetylenes is 1. The van der Waals surface area contributed by atoms with Gasteiger partial charge in [-0.05, 0) is 36.4 Å². The first-order chi connectivity index (χ1) is 12.1. The number of benzene rings is 2. The first-order valence-corrected chi connectivity index (χ1v) is 7.62. The number of hydrogen-bond donors (Lipinski definition) is 3. The molecule has 128 valence electrons. The third kappa shape index (κ3) is 5.37. The summed E-state index contributed by atoms with van der Waals surface area (Å²) >= 11 is 0. The molecule has 2 aromatic rings. The summed E-state index contributed by atoms with van der Waals surface area (Å²) < 4.78 is 5.20. The fourth-order valence-electron chi connectivity index (χ4n) is 2.10. The quantitative estimate of drug-likeness (QED) is 0.534. The summed E-state index contributed by atoms with van der Waals surface area (Å²) in [7, 11) is 1.54. The molecule has 0 aliphatic carbocycles. The number of rotatable bonds is 7. The summed E-state index contributed by atoms with van der Waals surface area (Å²) in [5, 5.41) is 8.30. The molecule has 25 heavy (non-hydrogen) atoms. The van der Waals surface area contributed by atoms with E-state index < -0.39 is 0 Å². The van der Waals surface area contributed by atoms with E-state index in [-0.39, 0.29) is 18.4 Å². The first-order valence-electron chi connectivity index (χ1n) is 7.62. The summed E-state index contributed by atoms with van der Waals surface area (Å²) in [6, 6.07) is 13.8. The summed E-state index contributed by atoms with van der Waals surface area (Å²) in [6.45, 7) is 0.454. The molecule has 0 aliphatic heterocycles. The van der Waals surface area contributed by atoms with Crippen molar-refractivity contribution in [2.75, 3.05) is 30.8 Å². The molecule has 2 amide bonds. The van der Waals surface area contributed by atoms with Crippen LogP contribution in [-0.4, -0.2) is 32.0 Å². The van der Waals surface area contributed by atoms with Gasteiger partial charge in [-0.15, -0.1) is 6.42 Å². The number of nitrogens with one attached hydrogen (secondary N) is 3. The normalized spacial score (nSPS) is 9.76. The van der Waals surface area contributed by atoms with Crippen LogP contribution in [0, 0.1) is 12.3 Å². The number of methoxy groups -OCH3 is 1. The molecule has 0 aromatic heterocycles. The number of ether oxygens (including phenoxy) is 1. The fraction of sp³-hybridized carbons (Fsp3) is 0.158. The Bertz CT molecular complexity index is 779. The Hall–Kier alpha value is -3.30. The monoisotopic (exact) mass is 337 g/mol. The Balaban J connectivity index is 1.96. The summed E-state index contributed by atoms with van der Waals surface area (Å²) in [5.41, 5.74) is 1.66. The SMILES string of the molecule is C#CCNCC(=O)Nc1ccc(C(=O)Nc2ccccc2OC)cc1. The molecule has 0 aliphatic rings. The van der Waals surface area contributed by atoms with Crippen LogP contribution in [0.5, 0.6) is 5.75 Å². The van der Waals surface area contributed by atoms with Gasteiger partial charge in [-0.2, -0.15) is 0 Å². The molecule has 0 saturated carbocycles. The maximum Gasteiger partial charge on any atom is 0.255 e. The van der Waals surface area contributed by atoms with E-state index in [9.17, 15) is 9.59 Å². The van der Waals surface area contributed by atoms with E-state index in [0.717, 1.165) is 0 Å². The lowest BCUT2D eigenvalue weighted by Crippen LogP contribution is -2.28. The highest BCUT2D eigenvalue weighted by Gasteiger charge is 2.09. The highest BCUT2D eigenvalue weighted by Crippen LogP contribution is 2.23. The molecule has 0 fully saturated rings. The van der Waals surface area contributed by atoms with Crippen LogP contribution in [0.2, 0.25) is 0 Å². The highest BCUT2D eigenvalue weighted by molar-refractivity contribution is 6.05. The number of anilines is 2. The Morgan fingerprint density at radius 1 is 1.08 bits per heavy atom. The summed E-state index contributed by atoms with van der Waals surface area (Å²) in [4.78, 5) is 24.0. The topological polar surface area (TPSA) is 79.5 Å². The van der Waals surface area contributed by atoms with Crippen LogP contribution in [0.1, 0.15) is 10.4 Å². The second-order valence-corrected chi connectivity index (χ2v) is 5.09. The van der Waals surface area contributed by atoms with Crippen molar-refractivity contribution >= 4 is 23.2 Å². The maximum absolute atomic E-state index is 12.3. The van der Waals surface area contributed by atoms with Gasteiger partial charge in [0.25, 0.3) is 5.91 Å². The van der Waals surface area contributed by atoms with E-state index in [0.29, 0.717) is 29.2 Å². The van der Waals surface area contributed by atoms with Gasteiger partial charge in [-0.3, -0.25) is 14.9 Å². The van der Waals surface area contributed by atoms with E-state index in [2.05, 4.69) is 21.9 Å². The van der Waals surface area contributed by atoms with Gasteiger partial charge < -0.3 is 15.4 Å². The molecule has 0 heterocycles. The van der Waals surface area contributed by atoms with Crippen LogP contribution < -0.4 is 20.7 Å².